The van der Waals surface area contributed by atoms with Gasteiger partial charge in [0, 0.05) is 34.4 Å². The molecule has 0 unspecified atom stereocenters. The van der Waals surface area contributed by atoms with E-state index >= 15 is 0 Å². The summed E-state index contributed by atoms with van der Waals surface area (Å²) in [6.45, 7) is 3.56. The number of hydrogen-bond acceptors (Lipinski definition) is 12. The van der Waals surface area contributed by atoms with E-state index in [1.807, 2.05) is 60.7 Å². The van der Waals surface area contributed by atoms with Crippen molar-refractivity contribution in [2.24, 2.45) is 0 Å². The summed E-state index contributed by atoms with van der Waals surface area (Å²) in [6.07, 6.45) is -7.55. The number of benzene rings is 3. The van der Waals surface area contributed by atoms with Crippen LogP contribution in [0.1, 0.15) is 48.3 Å². The van der Waals surface area contributed by atoms with Crippen molar-refractivity contribution in [3.05, 3.63) is 108 Å². The second-order valence-corrected chi connectivity index (χ2v) is 12.5. The van der Waals surface area contributed by atoms with Gasteiger partial charge in [0.2, 0.25) is 18.3 Å². The second kappa shape index (κ2) is 16.7. The third kappa shape index (κ3) is 8.98. The molecule has 0 saturated carbocycles. The Labute approximate surface area is 296 Å². The molecule has 8 atom stereocenters. The number of hydrogen-bond donors (Lipinski definition) is 0. The molecule has 0 spiro atoms. The van der Waals surface area contributed by atoms with E-state index in [1.165, 1.54) is 11.8 Å². The van der Waals surface area contributed by atoms with E-state index in [9.17, 15) is 24.0 Å². The van der Waals surface area contributed by atoms with E-state index in [1.54, 1.807) is 49.3 Å². The molecule has 0 N–H and O–H groups in total. The summed E-state index contributed by atoms with van der Waals surface area (Å²) in [5.74, 6) is -3.19. The maximum Gasteiger partial charge on any atom is 0.338 e. The van der Waals surface area contributed by atoms with Crippen molar-refractivity contribution >= 4 is 29.8 Å². The van der Waals surface area contributed by atoms with Crippen LogP contribution in [-0.2, 0) is 54.2 Å². The van der Waals surface area contributed by atoms with Crippen LogP contribution in [0.4, 0.5) is 0 Å². The van der Waals surface area contributed by atoms with Crippen molar-refractivity contribution in [1.29, 1.82) is 0 Å². The summed E-state index contributed by atoms with van der Waals surface area (Å²) < 4.78 is 35.5. The van der Waals surface area contributed by atoms with Gasteiger partial charge in [-0.25, -0.2) is 4.79 Å². The highest BCUT2D eigenvalue weighted by atomic mass is 16.8. The summed E-state index contributed by atoms with van der Waals surface area (Å²) in [7, 11) is 3.31. The summed E-state index contributed by atoms with van der Waals surface area (Å²) in [5, 5.41) is 0. The topological polar surface area (TPSA) is 147 Å². The monoisotopic (exact) mass is 702 g/mol. The lowest BCUT2D eigenvalue weighted by Crippen LogP contribution is -2.58. The van der Waals surface area contributed by atoms with Crippen LogP contribution >= 0.6 is 0 Å². The summed E-state index contributed by atoms with van der Waals surface area (Å²) >= 11 is 0. The Kier molecular flexibility index (Phi) is 12.2. The highest BCUT2D eigenvalue weighted by Crippen LogP contribution is 2.37. The Morgan fingerprint density at radius 2 is 1.29 bits per heavy atom. The normalized spacial score (nSPS) is 25.7. The summed E-state index contributed by atoms with van der Waals surface area (Å²) in [5.41, 5.74) is 1.85. The zero-order valence-corrected chi connectivity index (χ0v) is 29.1. The first-order valence-corrected chi connectivity index (χ1v) is 16.5. The Hall–Kier alpha value is -5.11. The number of esters is 4. The average molecular weight is 703 g/mol. The number of rotatable bonds is 11. The van der Waals surface area contributed by atoms with E-state index in [4.69, 9.17) is 28.4 Å². The van der Waals surface area contributed by atoms with Gasteiger partial charge < -0.3 is 33.3 Å². The standard InChI is InChI=1S/C38H42N2O11/c1-23(41)47-34-33(51-38(49-25(3)43)35(34)48-24(2)42)32(46-22-26-15-9-6-10-16-26)31-36(44)40(5)30(27-17-11-7-12-18-27)29(21-39(31)4)50-37(45)28-19-13-8-14-20-28/h6-20,29-35,38H,21-22H2,1-5H3/t29-,30+,31-,32-,33+,34+,35+,38+/m0/s1. The molecule has 3 aromatic rings. The number of carbonyl (C=O) groups excluding carboxylic acids is 5. The highest BCUT2D eigenvalue weighted by molar-refractivity contribution is 5.89. The van der Waals surface area contributed by atoms with E-state index in [-0.39, 0.29) is 13.2 Å². The lowest BCUT2D eigenvalue weighted by molar-refractivity contribution is -0.204. The zero-order valence-electron chi connectivity index (χ0n) is 29.1. The average Bonchev–Trinajstić information content (AvgIpc) is 3.36. The van der Waals surface area contributed by atoms with Crippen LogP contribution in [0.5, 0.6) is 0 Å². The fraction of sp³-hybridized carbons (Fsp3) is 0.395. The van der Waals surface area contributed by atoms with Crippen LogP contribution in [0.15, 0.2) is 91.0 Å². The van der Waals surface area contributed by atoms with Crippen LogP contribution in [-0.4, -0.2) is 103 Å². The van der Waals surface area contributed by atoms with E-state index < -0.39 is 78.7 Å². The molecule has 5 rings (SSSR count). The Morgan fingerprint density at radius 1 is 0.745 bits per heavy atom. The van der Waals surface area contributed by atoms with Crippen LogP contribution in [0.25, 0.3) is 0 Å². The molecule has 3 aromatic carbocycles. The number of carbonyl (C=O) groups is 5. The Morgan fingerprint density at radius 3 is 1.88 bits per heavy atom. The molecule has 0 aliphatic carbocycles. The predicted octanol–water partition coefficient (Wildman–Crippen LogP) is 3.46. The van der Waals surface area contributed by atoms with Crippen molar-refractivity contribution in [3.8, 4) is 0 Å². The quantitative estimate of drug-likeness (QED) is 0.213. The third-order valence-electron chi connectivity index (χ3n) is 8.74. The molecule has 0 radical (unpaired) electrons. The van der Waals surface area contributed by atoms with E-state index in [0.717, 1.165) is 25.0 Å². The number of amides is 1. The smallest absolute Gasteiger partial charge is 0.338 e. The van der Waals surface area contributed by atoms with Crippen molar-refractivity contribution in [2.75, 3.05) is 20.6 Å². The minimum absolute atomic E-state index is 0.00446. The number of nitrogens with zero attached hydrogens (tertiary/aromatic N) is 2. The number of ether oxygens (including phenoxy) is 6. The SMILES string of the molecule is CC(=O)O[C@@H]1O[C@H]([C@@H](OCc2ccccc2)[C@H]2C(=O)N(C)[C@H](c3ccccc3)[C@@H](OC(=O)c3ccccc3)CN2C)[C@@H](OC(C)=O)[C@H]1OC(C)=O. The Bertz CT molecular complexity index is 1670. The van der Waals surface area contributed by atoms with Gasteiger partial charge in [-0.1, -0.05) is 78.9 Å². The molecule has 2 heterocycles. The van der Waals surface area contributed by atoms with Gasteiger partial charge >= 0.3 is 23.9 Å². The molecule has 13 heteroatoms. The van der Waals surface area contributed by atoms with E-state index in [0.29, 0.717) is 5.56 Å². The van der Waals surface area contributed by atoms with Crippen molar-refractivity contribution in [2.45, 2.75) is 76.3 Å². The minimum atomic E-state index is -1.48. The number of likely N-dealkylation sites (N-methyl/N-ethyl adjacent to an activating group) is 2. The molecule has 2 aliphatic rings. The molecule has 51 heavy (non-hydrogen) atoms. The first-order valence-electron chi connectivity index (χ1n) is 16.5. The lowest BCUT2D eigenvalue weighted by atomic mass is 9.96. The van der Waals surface area contributed by atoms with Crippen LogP contribution in [0.3, 0.4) is 0 Å². The van der Waals surface area contributed by atoms with Crippen molar-refractivity contribution in [1.82, 2.24) is 9.80 Å². The van der Waals surface area contributed by atoms with Gasteiger partial charge in [-0.15, -0.1) is 0 Å². The van der Waals surface area contributed by atoms with Gasteiger partial charge in [0.05, 0.1) is 18.2 Å². The van der Waals surface area contributed by atoms with E-state index in [2.05, 4.69) is 0 Å². The van der Waals surface area contributed by atoms with Gasteiger partial charge in [-0.05, 0) is 30.3 Å². The van der Waals surface area contributed by atoms with Gasteiger partial charge in [-0.3, -0.25) is 24.1 Å². The minimum Gasteiger partial charge on any atom is -0.455 e. The molecule has 2 aliphatic heterocycles. The molecular formula is C38H42N2O11. The molecule has 0 bridgehead atoms. The molecule has 2 saturated heterocycles. The highest BCUT2D eigenvalue weighted by Gasteiger charge is 2.58. The molecule has 2 fully saturated rings. The predicted molar refractivity (Wildman–Crippen MR) is 181 cm³/mol. The van der Waals surface area contributed by atoms with Gasteiger partial charge in [0.25, 0.3) is 0 Å². The molecule has 270 valence electrons. The van der Waals surface area contributed by atoms with Crippen LogP contribution in [0, 0.1) is 0 Å². The van der Waals surface area contributed by atoms with Crippen molar-refractivity contribution in [3.63, 3.8) is 0 Å². The summed E-state index contributed by atoms with van der Waals surface area (Å²) in [6, 6.07) is 25.1. The molecule has 0 aromatic heterocycles. The summed E-state index contributed by atoms with van der Waals surface area (Å²) in [4.78, 5) is 68.4. The zero-order chi connectivity index (χ0) is 36.7. The molecular weight excluding hydrogens is 660 g/mol. The first kappa shape index (κ1) is 37.2. The van der Waals surface area contributed by atoms with Crippen LogP contribution < -0.4 is 0 Å². The second-order valence-electron chi connectivity index (χ2n) is 12.5. The van der Waals surface area contributed by atoms with Gasteiger partial charge in [0.15, 0.2) is 6.10 Å². The Balaban J connectivity index is 1.58. The van der Waals surface area contributed by atoms with Crippen LogP contribution in [0.2, 0.25) is 0 Å². The molecule has 13 nitrogen and oxygen atoms in total. The fourth-order valence-electron chi connectivity index (χ4n) is 6.59. The maximum absolute atomic E-state index is 14.8. The lowest BCUT2D eigenvalue weighted by Gasteiger charge is -2.37. The van der Waals surface area contributed by atoms with Gasteiger partial charge in [-0.2, -0.15) is 0 Å². The van der Waals surface area contributed by atoms with Crippen molar-refractivity contribution < 1.29 is 52.4 Å². The third-order valence-corrected chi connectivity index (χ3v) is 8.74. The largest absolute Gasteiger partial charge is 0.455 e. The fourth-order valence-corrected chi connectivity index (χ4v) is 6.59. The molecule has 1 amide bonds. The van der Waals surface area contributed by atoms with Gasteiger partial charge in [0.1, 0.15) is 24.4 Å². The maximum atomic E-state index is 14.8. The first-order chi connectivity index (χ1) is 24.4.